The molecular formula is C23H19F3N6O. The Hall–Kier alpha value is -3.95. The van der Waals surface area contributed by atoms with Gasteiger partial charge in [-0.2, -0.15) is 13.2 Å². The van der Waals surface area contributed by atoms with Gasteiger partial charge in [-0.25, -0.2) is 15.0 Å². The molecule has 1 amide bonds. The maximum Gasteiger partial charge on any atom is 0.417 e. The van der Waals surface area contributed by atoms with Gasteiger partial charge >= 0.3 is 6.18 Å². The van der Waals surface area contributed by atoms with Crippen molar-refractivity contribution in [3.05, 3.63) is 71.3 Å². The van der Waals surface area contributed by atoms with Gasteiger partial charge in [0.1, 0.15) is 17.7 Å². The summed E-state index contributed by atoms with van der Waals surface area (Å²) in [6.07, 6.45) is 0.688. The quantitative estimate of drug-likeness (QED) is 0.486. The van der Waals surface area contributed by atoms with E-state index in [1.54, 1.807) is 0 Å². The lowest BCUT2D eigenvalue weighted by Gasteiger charge is -2.11. The average Bonchev–Trinajstić information content (AvgIpc) is 3.36. The first-order valence-electron chi connectivity index (χ1n) is 10.4. The van der Waals surface area contributed by atoms with Crippen molar-refractivity contribution in [3.8, 4) is 5.69 Å². The van der Waals surface area contributed by atoms with E-state index in [0.717, 1.165) is 53.7 Å². The summed E-state index contributed by atoms with van der Waals surface area (Å²) in [6.45, 7) is 0. The molecule has 0 radical (unpaired) electrons. The predicted octanol–water partition coefficient (Wildman–Crippen LogP) is 4.09. The molecule has 5 rings (SSSR count). The highest BCUT2D eigenvalue weighted by molar-refractivity contribution is 5.92. The molecule has 0 atom stereocenters. The van der Waals surface area contributed by atoms with Crippen molar-refractivity contribution in [2.75, 3.05) is 11.1 Å². The van der Waals surface area contributed by atoms with E-state index in [4.69, 9.17) is 5.73 Å². The summed E-state index contributed by atoms with van der Waals surface area (Å²) in [5, 5.41) is 2.52. The number of rotatable bonds is 4. The number of aryl methyl sites for hydroxylation is 1. The van der Waals surface area contributed by atoms with Gasteiger partial charge in [0.05, 0.1) is 17.5 Å². The first kappa shape index (κ1) is 20.9. The van der Waals surface area contributed by atoms with Crippen molar-refractivity contribution in [3.63, 3.8) is 0 Å². The fourth-order valence-corrected chi connectivity index (χ4v) is 4.25. The highest BCUT2D eigenvalue weighted by Crippen LogP contribution is 2.36. The van der Waals surface area contributed by atoms with E-state index >= 15 is 0 Å². The maximum absolute atomic E-state index is 12.6. The third kappa shape index (κ3) is 3.88. The lowest BCUT2D eigenvalue weighted by Crippen LogP contribution is -2.16. The number of carbonyl (C=O) groups is 1. The van der Waals surface area contributed by atoms with Crippen LogP contribution in [0.25, 0.3) is 16.7 Å². The number of alkyl halides is 3. The summed E-state index contributed by atoms with van der Waals surface area (Å²) in [6, 6.07) is 9.50. The molecule has 1 aliphatic rings. The fraction of sp³-hybridized carbons (Fsp3) is 0.217. The summed E-state index contributed by atoms with van der Waals surface area (Å²) >= 11 is 0. The summed E-state index contributed by atoms with van der Waals surface area (Å²) in [5.74, 6) is 0.108. The standard InChI is InChI=1S/C23H19F3N6O/c24-23(25,26)14-6-9-18(28-11-14)31-19(33)10-13-4-7-15(8-5-13)32-17-3-1-2-16(17)20-21(32)22(27)30-12-29-20/h4-9,11-12H,1-3,10H2,(H2,27,29,30)(H,28,31,33). The van der Waals surface area contributed by atoms with E-state index in [1.165, 1.54) is 17.6 Å². The number of nitrogens with zero attached hydrogens (tertiary/aromatic N) is 4. The fourth-order valence-electron chi connectivity index (χ4n) is 4.25. The molecule has 1 aromatic carbocycles. The topological polar surface area (TPSA) is 98.7 Å². The number of hydrogen-bond acceptors (Lipinski definition) is 5. The molecule has 0 bridgehead atoms. The SMILES string of the molecule is Nc1ncnc2c3c(n(-c4ccc(CC(=O)Nc5ccc(C(F)(F)F)cn5)cc4)c12)CCC3. The van der Waals surface area contributed by atoms with Gasteiger partial charge in [-0.15, -0.1) is 0 Å². The first-order chi connectivity index (χ1) is 15.8. The molecule has 0 saturated heterocycles. The van der Waals surface area contributed by atoms with Crippen molar-refractivity contribution >= 4 is 28.6 Å². The van der Waals surface area contributed by atoms with Crippen LogP contribution in [0, 0.1) is 0 Å². The van der Waals surface area contributed by atoms with Crippen molar-refractivity contribution in [1.29, 1.82) is 0 Å². The van der Waals surface area contributed by atoms with E-state index in [-0.39, 0.29) is 18.1 Å². The maximum atomic E-state index is 12.6. The average molecular weight is 452 g/mol. The second-order valence-corrected chi connectivity index (χ2v) is 7.89. The second kappa shape index (κ2) is 7.88. The Kier molecular flexibility index (Phi) is 4.99. The molecule has 0 fully saturated rings. The minimum atomic E-state index is -4.47. The molecule has 0 aliphatic heterocycles. The number of nitrogen functional groups attached to an aromatic ring is 1. The Morgan fingerprint density at radius 1 is 1.06 bits per heavy atom. The largest absolute Gasteiger partial charge is 0.417 e. The Bertz CT molecular complexity index is 1340. The van der Waals surface area contributed by atoms with Crippen LogP contribution in [0.5, 0.6) is 0 Å². The molecule has 4 aromatic rings. The van der Waals surface area contributed by atoms with Crippen molar-refractivity contribution < 1.29 is 18.0 Å². The Balaban J connectivity index is 1.34. The van der Waals surface area contributed by atoms with Gasteiger partial charge in [-0.3, -0.25) is 4.79 Å². The van der Waals surface area contributed by atoms with Crippen LogP contribution in [0.3, 0.4) is 0 Å². The molecule has 3 aromatic heterocycles. The lowest BCUT2D eigenvalue weighted by atomic mass is 10.1. The number of nitrogens with two attached hydrogens (primary N) is 1. The number of aromatic nitrogens is 4. The zero-order valence-corrected chi connectivity index (χ0v) is 17.4. The summed E-state index contributed by atoms with van der Waals surface area (Å²) < 4.78 is 40.0. The number of nitrogens with one attached hydrogen (secondary N) is 1. The first-order valence-corrected chi connectivity index (χ1v) is 10.4. The highest BCUT2D eigenvalue weighted by Gasteiger charge is 2.30. The molecule has 168 valence electrons. The lowest BCUT2D eigenvalue weighted by molar-refractivity contribution is -0.137. The van der Waals surface area contributed by atoms with Gasteiger partial charge in [0.25, 0.3) is 0 Å². The van der Waals surface area contributed by atoms with Gasteiger partial charge in [0, 0.05) is 17.6 Å². The van der Waals surface area contributed by atoms with Crippen molar-refractivity contribution in [1.82, 2.24) is 19.5 Å². The third-order valence-corrected chi connectivity index (χ3v) is 5.74. The van der Waals surface area contributed by atoms with Crippen LogP contribution in [0.15, 0.2) is 48.9 Å². The summed E-state index contributed by atoms with van der Waals surface area (Å²) in [7, 11) is 0. The predicted molar refractivity (Wildman–Crippen MR) is 117 cm³/mol. The van der Waals surface area contributed by atoms with Crippen LogP contribution in [-0.2, 0) is 30.2 Å². The normalized spacial score (nSPS) is 13.3. The van der Waals surface area contributed by atoms with E-state index < -0.39 is 11.7 Å². The number of halogens is 3. The molecule has 1 aliphatic carbocycles. The second-order valence-electron chi connectivity index (χ2n) is 7.89. The van der Waals surface area contributed by atoms with E-state index in [2.05, 4.69) is 24.8 Å². The van der Waals surface area contributed by atoms with Gasteiger partial charge < -0.3 is 15.6 Å². The molecule has 0 spiro atoms. The monoisotopic (exact) mass is 452 g/mol. The Labute approximate surface area is 186 Å². The molecule has 3 heterocycles. The highest BCUT2D eigenvalue weighted by atomic mass is 19.4. The molecular weight excluding hydrogens is 433 g/mol. The molecule has 3 N–H and O–H groups in total. The number of hydrogen-bond donors (Lipinski definition) is 2. The Morgan fingerprint density at radius 3 is 2.55 bits per heavy atom. The number of fused-ring (bicyclic) bond motifs is 3. The smallest absolute Gasteiger partial charge is 0.382 e. The van der Waals surface area contributed by atoms with Crippen molar-refractivity contribution in [2.45, 2.75) is 31.9 Å². The van der Waals surface area contributed by atoms with Crippen molar-refractivity contribution in [2.24, 2.45) is 0 Å². The number of carbonyl (C=O) groups excluding carboxylic acids is 1. The molecule has 0 unspecified atom stereocenters. The van der Waals surface area contributed by atoms with Gasteiger partial charge in [-0.05, 0) is 54.7 Å². The van der Waals surface area contributed by atoms with Crippen LogP contribution in [0.2, 0.25) is 0 Å². The summed E-state index contributed by atoms with van der Waals surface area (Å²) in [4.78, 5) is 24.6. The van der Waals surface area contributed by atoms with Gasteiger partial charge in [-0.1, -0.05) is 12.1 Å². The molecule has 10 heteroatoms. The van der Waals surface area contributed by atoms with Gasteiger partial charge in [0.15, 0.2) is 5.82 Å². The number of anilines is 2. The minimum Gasteiger partial charge on any atom is -0.382 e. The van der Waals surface area contributed by atoms with Crippen LogP contribution in [0.1, 0.15) is 28.8 Å². The van der Waals surface area contributed by atoms with Crippen LogP contribution >= 0.6 is 0 Å². The zero-order chi connectivity index (χ0) is 23.2. The van der Waals surface area contributed by atoms with Gasteiger partial charge in [0.2, 0.25) is 5.91 Å². The van der Waals surface area contributed by atoms with E-state index in [0.29, 0.717) is 12.0 Å². The summed E-state index contributed by atoms with van der Waals surface area (Å²) in [5.41, 5.74) is 11.0. The van der Waals surface area contributed by atoms with E-state index in [9.17, 15) is 18.0 Å². The molecule has 33 heavy (non-hydrogen) atoms. The van der Waals surface area contributed by atoms with Crippen LogP contribution < -0.4 is 11.1 Å². The van der Waals surface area contributed by atoms with Crippen LogP contribution in [0.4, 0.5) is 24.8 Å². The minimum absolute atomic E-state index is 0.0543. The number of amides is 1. The third-order valence-electron chi connectivity index (χ3n) is 5.74. The Morgan fingerprint density at radius 2 is 1.85 bits per heavy atom. The van der Waals surface area contributed by atoms with Crippen LogP contribution in [-0.4, -0.2) is 25.4 Å². The molecule has 7 nitrogen and oxygen atoms in total. The number of benzene rings is 1. The zero-order valence-electron chi connectivity index (χ0n) is 17.4. The molecule has 0 saturated carbocycles. The number of pyridine rings is 1. The van der Waals surface area contributed by atoms with E-state index in [1.807, 2.05) is 24.3 Å².